The highest BCUT2D eigenvalue weighted by Crippen LogP contribution is 2.18. The number of aromatic nitrogens is 1. The summed E-state index contributed by atoms with van der Waals surface area (Å²) >= 11 is 0. The third-order valence-electron chi connectivity index (χ3n) is 3.33. The molecule has 2 aromatic rings. The predicted molar refractivity (Wildman–Crippen MR) is 92.3 cm³/mol. The Morgan fingerprint density at radius 3 is 2.50 bits per heavy atom. The summed E-state index contributed by atoms with van der Waals surface area (Å²) in [7, 11) is 0. The second kappa shape index (κ2) is 7.93. The van der Waals surface area contributed by atoms with Crippen LogP contribution in [0, 0.1) is 0 Å². The molecule has 1 N–H and O–H groups in total. The van der Waals surface area contributed by atoms with Gasteiger partial charge in [-0.2, -0.15) is 0 Å². The summed E-state index contributed by atoms with van der Waals surface area (Å²) in [4.78, 5) is 18.0. The molecule has 0 aliphatic rings. The smallest absolute Gasteiger partial charge is 0.410 e. The molecule has 1 heterocycles. The molecule has 5 nitrogen and oxygen atoms in total. The number of ether oxygens (including phenoxy) is 1. The molecule has 0 aliphatic heterocycles. The van der Waals surface area contributed by atoms with E-state index in [0.717, 1.165) is 5.56 Å². The summed E-state index contributed by atoms with van der Waals surface area (Å²) < 4.78 is 5.47. The van der Waals surface area contributed by atoms with Crippen molar-refractivity contribution in [3.8, 4) is 0 Å². The Bertz CT molecular complexity index is 639. The van der Waals surface area contributed by atoms with E-state index in [1.807, 2.05) is 51.1 Å². The molecular weight excluding hydrogens is 304 g/mol. The molecule has 1 aromatic heterocycles. The van der Waals surface area contributed by atoms with Crippen molar-refractivity contribution in [3.63, 3.8) is 0 Å². The van der Waals surface area contributed by atoms with Gasteiger partial charge in [-0.1, -0.05) is 36.4 Å². The molecule has 0 unspecified atom stereocenters. The van der Waals surface area contributed by atoms with Gasteiger partial charge in [-0.15, -0.1) is 0 Å². The molecule has 0 saturated carbocycles. The summed E-state index contributed by atoms with van der Waals surface area (Å²) in [6.07, 6.45) is 1.97. The monoisotopic (exact) mass is 328 g/mol. The molecule has 0 aliphatic carbocycles. The topological polar surface area (TPSA) is 62.7 Å². The van der Waals surface area contributed by atoms with Crippen molar-refractivity contribution in [2.24, 2.45) is 0 Å². The highest BCUT2D eigenvalue weighted by molar-refractivity contribution is 5.68. The van der Waals surface area contributed by atoms with Crippen LogP contribution in [-0.2, 0) is 11.3 Å². The molecule has 0 saturated heterocycles. The quantitative estimate of drug-likeness (QED) is 0.911. The molecule has 1 amide bonds. The van der Waals surface area contributed by atoms with Gasteiger partial charge in [-0.05, 0) is 32.4 Å². The number of amides is 1. The second-order valence-corrected chi connectivity index (χ2v) is 6.65. The van der Waals surface area contributed by atoms with Gasteiger partial charge < -0.3 is 14.7 Å². The van der Waals surface area contributed by atoms with Gasteiger partial charge in [0, 0.05) is 24.5 Å². The lowest BCUT2D eigenvalue weighted by Crippen LogP contribution is -2.38. The van der Waals surface area contributed by atoms with Crippen molar-refractivity contribution in [1.29, 1.82) is 0 Å². The normalized spacial score (nSPS) is 12.5. The first kappa shape index (κ1) is 17.9. The summed E-state index contributed by atoms with van der Waals surface area (Å²) in [6, 6.07) is 13.2. The molecule has 5 heteroatoms. The van der Waals surface area contributed by atoms with Gasteiger partial charge in [-0.3, -0.25) is 4.98 Å². The third-order valence-corrected chi connectivity index (χ3v) is 3.33. The van der Waals surface area contributed by atoms with Crippen LogP contribution in [0.25, 0.3) is 0 Å². The molecular formula is C19H24N2O3. The maximum atomic E-state index is 12.5. The van der Waals surface area contributed by atoms with Crippen molar-refractivity contribution >= 4 is 6.09 Å². The maximum Gasteiger partial charge on any atom is 0.410 e. The summed E-state index contributed by atoms with van der Waals surface area (Å²) in [6.45, 7) is 5.97. The number of benzene rings is 1. The Labute approximate surface area is 142 Å². The van der Waals surface area contributed by atoms with Crippen LogP contribution in [0.2, 0.25) is 0 Å². The van der Waals surface area contributed by atoms with Crippen LogP contribution in [0.4, 0.5) is 4.79 Å². The lowest BCUT2D eigenvalue weighted by molar-refractivity contribution is 0.0124. The lowest BCUT2D eigenvalue weighted by atomic mass is 10.1. The van der Waals surface area contributed by atoms with Crippen molar-refractivity contribution in [2.45, 2.75) is 39.0 Å². The minimum absolute atomic E-state index is 0.134. The van der Waals surface area contributed by atoms with E-state index in [4.69, 9.17) is 4.74 Å². The van der Waals surface area contributed by atoms with Gasteiger partial charge in [0.15, 0.2) is 0 Å². The zero-order valence-corrected chi connectivity index (χ0v) is 14.3. The van der Waals surface area contributed by atoms with Crippen molar-refractivity contribution < 1.29 is 14.6 Å². The molecule has 24 heavy (non-hydrogen) atoms. The van der Waals surface area contributed by atoms with Gasteiger partial charge >= 0.3 is 6.09 Å². The van der Waals surface area contributed by atoms with E-state index in [0.29, 0.717) is 12.1 Å². The predicted octanol–water partition coefficient (Wildman–Crippen LogP) is 3.55. The summed E-state index contributed by atoms with van der Waals surface area (Å²) in [5.41, 5.74) is 1.05. The molecule has 2 rings (SSSR count). The Morgan fingerprint density at radius 1 is 1.21 bits per heavy atom. The summed E-state index contributed by atoms with van der Waals surface area (Å²) in [5.74, 6) is 0. The number of hydrogen-bond donors (Lipinski definition) is 1. The molecule has 1 atom stereocenters. The average Bonchev–Trinajstić information content (AvgIpc) is 2.54. The van der Waals surface area contributed by atoms with Gasteiger partial charge in [0.1, 0.15) is 5.60 Å². The largest absolute Gasteiger partial charge is 0.444 e. The number of rotatable bonds is 5. The number of carbonyl (C=O) groups is 1. The number of aliphatic hydroxyl groups excluding tert-OH is 1. The SMILES string of the molecule is CC(C)(C)OC(=O)N(Cc1ccccc1)C[C@H](O)c1cccnc1. The molecule has 1 aromatic carbocycles. The van der Waals surface area contributed by atoms with Crippen LogP contribution in [0.15, 0.2) is 54.9 Å². The van der Waals surface area contributed by atoms with E-state index < -0.39 is 17.8 Å². The minimum atomic E-state index is -0.824. The van der Waals surface area contributed by atoms with E-state index in [-0.39, 0.29) is 6.54 Å². The van der Waals surface area contributed by atoms with Crippen molar-refractivity contribution in [1.82, 2.24) is 9.88 Å². The molecule has 0 bridgehead atoms. The first-order valence-corrected chi connectivity index (χ1v) is 7.95. The Hall–Kier alpha value is -2.40. The van der Waals surface area contributed by atoms with Gasteiger partial charge in [0.2, 0.25) is 0 Å². The van der Waals surface area contributed by atoms with E-state index in [1.54, 1.807) is 24.5 Å². The Kier molecular flexibility index (Phi) is 5.93. The fraction of sp³-hybridized carbons (Fsp3) is 0.368. The average molecular weight is 328 g/mol. The van der Waals surface area contributed by atoms with Crippen molar-refractivity contribution in [2.75, 3.05) is 6.54 Å². The number of nitrogens with zero attached hydrogens (tertiary/aromatic N) is 2. The van der Waals surface area contributed by atoms with E-state index in [1.165, 1.54) is 4.90 Å². The number of pyridine rings is 1. The van der Waals surface area contributed by atoms with E-state index in [9.17, 15) is 9.90 Å². The molecule has 0 fully saturated rings. The van der Waals surface area contributed by atoms with Crippen LogP contribution in [0.5, 0.6) is 0 Å². The van der Waals surface area contributed by atoms with Crippen LogP contribution in [0.1, 0.15) is 38.0 Å². The zero-order valence-electron chi connectivity index (χ0n) is 14.3. The maximum absolute atomic E-state index is 12.5. The third kappa shape index (κ3) is 5.66. The van der Waals surface area contributed by atoms with Gasteiger partial charge in [0.25, 0.3) is 0 Å². The first-order chi connectivity index (χ1) is 11.3. The number of aliphatic hydroxyl groups is 1. The zero-order chi connectivity index (χ0) is 17.6. The van der Waals surface area contributed by atoms with Crippen LogP contribution >= 0.6 is 0 Å². The van der Waals surface area contributed by atoms with E-state index in [2.05, 4.69) is 4.98 Å². The molecule has 128 valence electrons. The number of carbonyl (C=O) groups excluding carboxylic acids is 1. The van der Waals surface area contributed by atoms with Crippen LogP contribution in [-0.4, -0.2) is 33.2 Å². The molecule has 0 spiro atoms. The van der Waals surface area contributed by atoms with E-state index >= 15 is 0 Å². The minimum Gasteiger partial charge on any atom is -0.444 e. The Balaban J connectivity index is 2.14. The van der Waals surface area contributed by atoms with Gasteiger partial charge in [0.05, 0.1) is 12.6 Å². The van der Waals surface area contributed by atoms with Gasteiger partial charge in [-0.25, -0.2) is 4.79 Å². The fourth-order valence-corrected chi connectivity index (χ4v) is 2.22. The van der Waals surface area contributed by atoms with Crippen molar-refractivity contribution in [3.05, 3.63) is 66.0 Å². The van der Waals surface area contributed by atoms with Crippen LogP contribution in [0.3, 0.4) is 0 Å². The Morgan fingerprint density at radius 2 is 1.92 bits per heavy atom. The second-order valence-electron chi connectivity index (χ2n) is 6.65. The highest BCUT2D eigenvalue weighted by atomic mass is 16.6. The molecule has 0 radical (unpaired) electrons. The highest BCUT2D eigenvalue weighted by Gasteiger charge is 2.24. The fourth-order valence-electron chi connectivity index (χ4n) is 2.22. The standard InChI is InChI=1S/C19H24N2O3/c1-19(2,3)24-18(23)21(13-15-8-5-4-6-9-15)14-17(22)16-10-7-11-20-12-16/h4-12,17,22H,13-14H2,1-3H3/t17-/m0/s1. The number of hydrogen-bond acceptors (Lipinski definition) is 4. The summed E-state index contributed by atoms with van der Waals surface area (Å²) in [5, 5.41) is 10.4. The first-order valence-electron chi connectivity index (χ1n) is 7.95. The van der Waals surface area contributed by atoms with Crippen LogP contribution < -0.4 is 0 Å². The lowest BCUT2D eigenvalue weighted by Gasteiger charge is -2.29.